The van der Waals surface area contributed by atoms with Crippen LogP contribution in [0.1, 0.15) is 17.2 Å². The van der Waals surface area contributed by atoms with Gasteiger partial charge in [-0.25, -0.2) is 26.5 Å². The zero-order chi connectivity index (χ0) is 18.1. The van der Waals surface area contributed by atoms with Crippen LogP contribution in [-0.4, -0.2) is 41.2 Å². The highest BCUT2D eigenvalue weighted by atomic mass is 35.5. The molecule has 1 aromatic heterocycles. The number of nitrogens with one attached hydrogen (secondary N) is 2. The Kier molecular flexibility index (Phi) is 6.41. The second kappa shape index (κ2) is 8.01. The maximum atomic E-state index is 12.4. The summed E-state index contributed by atoms with van der Waals surface area (Å²) in [7, 11) is -7.24. The topological polar surface area (TPSA) is 105 Å². The van der Waals surface area contributed by atoms with E-state index in [-0.39, 0.29) is 34.9 Å². The minimum atomic E-state index is -3.77. The van der Waals surface area contributed by atoms with Gasteiger partial charge in [0.15, 0.2) is 14.9 Å². The Morgan fingerprint density at radius 1 is 1.15 bits per heavy atom. The summed E-state index contributed by atoms with van der Waals surface area (Å²) in [6, 6.07) is 10.3. The Balaban J connectivity index is 0.00000243. The fourth-order valence-electron chi connectivity index (χ4n) is 2.80. The fraction of sp³-hybridized carbons (Fsp3) is 0.312. The molecule has 0 amide bonds. The summed E-state index contributed by atoms with van der Waals surface area (Å²) in [6.07, 6.45) is 2.99. The zero-order valence-corrected chi connectivity index (χ0v) is 16.5. The number of benzene rings is 1. The van der Waals surface area contributed by atoms with Crippen LogP contribution < -0.4 is 10.0 Å². The molecule has 0 saturated carbocycles. The van der Waals surface area contributed by atoms with Crippen molar-refractivity contribution in [2.24, 2.45) is 0 Å². The predicted molar refractivity (Wildman–Crippen MR) is 101 cm³/mol. The highest BCUT2D eigenvalue weighted by Gasteiger charge is 2.22. The summed E-state index contributed by atoms with van der Waals surface area (Å²) >= 11 is 0. The van der Waals surface area contributed by atoms with E-state index in [0.29, 0.717) is 0 Å². The minimum absolute atomic E-state index is 0. The molecule has 26 heavy (non-hydrogen) atoms. The van der Waals surface area contributed by atoms with Gasteiger partial charge in [0.1, 0.15) is 4.90 Å². The molecule has 2 aromatic rings. The number of rotatable bonds is 5. The fourth-order valence-corrected chi connectivity index (χ4v) is 4.35. The van der Waals surface area contributed by atoms with Crippen LogP contribution in [0.25, 0.3) is 0 Å². The number of fused-ring (bicyclic) bond motifs is 1. The van der Waals surface area contributed by atoms with Crippen molar-refractivity contribution in [1.82, 2.24) is 15.0 Å². The summed E-state index contributed by atoms with van der Waals surface area (Å²) in [5.41, 5.74) is 2.30. The first-order chi connectivity index (χ1) is 11.8. The molecule has 0 fully saturated rings. The Bertz CT molecular complexity index is 977. The van der Waals surface area contributed by atoms with Gasteiger partial charge in [-0.3, -0.25) is 0 Å². The molecule has 1 aromatic carbocycles. The normalized spacial score (nSPS) is 17.2. The average Bonchev–Trinajstić information content (AvgIpc) is 2.59. The van der Waals surface area contributed by atoms with E-state index in [9.17, 15) is 16.8 Å². The standard InChI is InChI=1S/C16H19N3O4S2.ClH/c1-24(20,21)16-7-6-13(10-18-16)25(22,23)19-11-15-14-5-3-2-4-12(14)8-9-17-15;/h2-7,10,15,17,19H,8-9,11H2,1H3;1H. The molecule has 2 heterocycles. The van der Waals surface area contributed by atoms with Crippen molar-refractivity contribution in [3.8, 4) is 0 Å². The quantitative estimate of drug-likeness (QED) is 0.753. The van der Waals surface area contributed by atoms with Gasteiger partial charge in [0.25, 0.3) is 0 Å². The maximum Gasteiger partial charge on any atom is 0.242 e. The van der Waals surface area contributed by atoms with E-state index < -0.39 is 19.9 Å². The van der Waals surface area contributed by atoms with E-state index in [1.54, 1.807) is 0 Å². The molecular formula is C16H20ClN3O4S2. The smallest absolute Gasteiger partial charge is 0.242 e. The van der Waals surface area contributed by atoms with Crippen LogP contribution in [-0.2, 0) is 26.3 Å². The molecule has 0 saturated heterocycles. The van der Waals surface area contributed by atoms with E-state index in [1.807, 2.05) is 24.3 Å². The van der Waals surface area contributed by atoms with Gasteiger partial charge in [0.2, 0.25) is 10.0 Å². The first-order valence-electron chi connectivity index (χ1n) is 7.74. The predicted octanol–water partition coefficient (Wildman–Crippen LogP) is 1.07. The van der Waals surface area contributed by atoms with Crippen molar-refractivity contribution in [1.29, 1.82) is 0 Å². The molecule has 10 heteroatoms. The molecule has 1 aliphatic rings. The van der Waals surface area contributed by atoms with Gasteiger partial charge < -0.3 is 5.32 Å². The number of hydrogen-bond donors (Lipinski definition) is 2. The van der Waals surface area contributed by atoms with Gasteiger partial charge >= 0.3 is 0 Å². The SMILES string of the molecule is CS(=O)(=O)c1ccc(S(=O)(=O)NCC2NCCc3ccccc32)cn1.Cl. The number of sulfone groups is 1. The van der Waals surface area contributed by atoms with Crippen LogP contribution in [0, 0.1) is 0 Å². The molecule has 1 unspecified atom stereocenters. The van der Waals surface area contributed by atoms with Crippen molar-refractivity contribution in [3.63, 3.8) is 0 Å². The average molecular weight is 418 g/mol. The lowest BCUT2D eigenvalue weighted by Crippen LogP contribution is -2.38. The molecule has 142 valence electrons. The molecular weight excluding hydrogens is 398 g/mol. The first-order valence-corrected chi connectivity index (χ1v) is 11.1. The van der Waals surface area contributed by atoms with Gasteiger partial charge in [-0.1, -0.05) is 24.3 Å². The van der Waals surface area contributed by atoms with Crippen molar-refractivity contribution in [2.75, 3.05) is 19.3 Å². The van der Waals surface area contributed by atoms with Gasteiger partial charge in [-0.2, -0.15) is 0 Å². The highest BCUT2D eigenvalue weighted by Crippen LogP contribution is 2.22. The Hall–Kier alpha value is -1.52. The number of sulfonamides is 1. The number of hydrogen-bond acceptors (Lipinski definition) is 6. The number of pyridine rings is 1. The molecule has 0 spiro atoms. The highest BCUT2D eigenvalue weighted by molar-refractivity contribution is 7.90. The summed E-state index contributed by atoms with van der Waals surface area (Å²) in [5.74, 6) is 0. The van der Waals surface area contributed by atoms with Gasteiger partial charge in [-0.05, 0) is 36.2 Å². The third-order valence-electron chi connectivity index (χ3n) is 4.09. The summed E-state index contributed by atoms with van der Waals surface area (Å²) < 4.78 is 50.2. The van der Waals surface area contributed by atoms with E-state index in [1.165, 1.54) is 17.7 Å². The van der Waals surface area contributed by atoms with E-state index >= 15 is 0 Å². The van der Waals surface area contributed by atoms with E-state index in [0.717, 1.165) is 31.0 Å². The second-order valence-electron chi connectivity index (χ2n) is 5.91. The van der Waals surface area contributed by atoms with Crippen LogP contribution in [0.2, 0.25) is 0 Å². The van der Waals surface area contributed by atoms with Crippen molar-refractivity contribution in [3.05, 3.63) is 53.7 Å². The summed E-state index contributed by atoms with van der Waals surface area (Å²) in [4.78, 5) is 3.66. The molecule has 0 bridgehead atoms. The minimum Gasteiger partial charge on any atom is -0.308 e. The molecule has 7 nitrogen and oxygen atoms in total. The Labute approximate surface area is 159 Å². The monoisotopic (exact) mass is 417 g/mol. The van der Waals surface area contributed by atoms with Crippen LogP contribution >= 0.6 is 12.4 Å². The van der Waals surface area contributed by atoms with Crippen LogP contribution in [0.5, 0.6) is 0 Å². The third-order valence-corrected chi connectivity index (χ3v) is 6.50. The van der Waals surface area contributed by atoms with E-state index in [4.69, 9.17) is 0 Å². The van der Waals surface area contributed by atoms with Crippen molar-refractivity contribution < 1.29 is 16.8 Å². The zero-order valence-electron chi connectivity index (χ0n) is 14.0. The molecule has 3 rings (SSSR count). The lowest BCUT2D eigenvalue weighted by Gasteiger charge is -2.27. The van der Waals surface area contributed by atoms with Gasteiger partial charge in [-0.15, -0.1) is 12.4 Å². The lowest BCUT2D eigenvalue weighted by molar-refractivity contribution is 0.491. The maximum absolute atomic E-state index is 12.4. The Morgan fingerprint density at radius 2 is 1.88 bits per heavy atom. The summed E-state index contributed by atoms with van der Waals surface area (Å²) in [6.45, 7) is 0.987. The second-order valence-corrected chi connectivity index (χ2v) is 9.64. The number of nitrogens with zero attached hydrogens (tertiary/aromatic N) is 1. The molecule has 0 aliphatic carbocycles. The van der Waals surface area contributed by atoms with Crippen LogP contribution in [0.4, 0.5) is 0 Å². The number of halogens is 1. The van der Waals surface area contributed by atoms with E-state index in [2.05, 4.69) is 15.0 Å². The van der Waals surface area contributed by atoms with Crippen LogP contribution in [0.3, 0.4) is 0 Å². The largest absolute Gasteiger partial charge is 0.308 e. The third kappa shape index (κ3) is 4.60. The van der Waals surface area contributed by atoms with Gasteiger partial charge in [0.05, 0.1) is 0 Å². The summed E-state index contributed by atoms with van der Waals surface area (Å²) in [5, 5.41) is 3.15. The number of aromatic nitrogens is 1. The molecule has 2 N–H and O–H groups in total. The first kappa shape index (κ1) is 20.8. The van der Waals surface area contributed by atoms with Crippen LogP contribution in [0.15, 0.2) is 52.5 Å². The molecule has 0 radical (unpaired) electrons. The van der Waals surface area contributed by atoms with Gasteiger partial charge in [0, 0.05) is 25.0 Å². The van der Waals surface area contributed by atoms with Crippen molar-refractivity contribution >= 4 is 32.3 Å². The Morgan fingerprint density at radius 3 is 2.54 bits per heavy atom. The molecule has 1 atom stereocenters. The molecule has 1 aliphatic heterocycles. The van der Waals surface area contributed by atoms with Crippen molar-refractivity contribution in [2.45, 2.75) is 22.4 Å². The lowest BCUT2D eigenvalue weighted by atomic mass is 9.95.